The molecule has 0 saturated heterocycles. The predicted octanol–water partition coefficient (Wildman–Crippen LogP) is 3.66. The van der Waals surface area contributed by atoms with Crippen molar-refractivity contribution >= 4 is 44.6 Å². The molecule has 2 aromatic heterocycles. The van der Waals surface area contributed by atoms with Crippen LogP contribution in [-0.2, 0) is 16.6 Å². The molecular formula is C12H12Cl2N2O2S2. The van der Waals surface area contributed by atoms with Crippen LogP contribution >= 0.6 is 34.5 Å². The minimum absolute atomic E-state index is 0.131. The fourth-order valence-corrected chi connectivity index (χ4v) is 4.31. The molecule has 20 heavy (non-hydrogen) atoms. The van der Waals surface area contributed by atoms with Gasteiger partial charge in [-0.3, -0.25) is 0 Å². The lowest BCUT2D eigenvalue weighted by molar-refractivity contribution is 0.426. The first-order valence-corrected chi connectivity index (χ1v) is 8.80. The molecule has 0 spiro atoms. The summed E-state index contributed by atoms with van der Waals surface area (Å²) in [7, 11) is -3.58. The van der Waals surface area contributed by atoms with Gasteiger partial charge in [-0.1, -0.05) is 30.1 Å². The van der Waals surface area contributed by atoms with Gasteiger partial charge in [-0.25, -0.2) is 13.4 Å². The monoisotopic (exact) mass is 350 g/mol. The van der Waals surface area contributed by atoms with E-state index in [4.69, 9.17) is 23.2 Å². The maximum absolute atomic E-state index is 12.5. The Balaban J connectivity index is 2.27. The van der Waals surface area contributed by atoms with Crippen LogP contribution in [0.15, 0.2) is 35.4 Å². The summed E-state index contributed by atoms with van der Waals surface area (Å²) in [6, 6.07) is 6.50. The third kappa shape index (κ3) is 3.51. The number of hydrogen-bond acceptors (Lipinski definition) is 4. The minimum Gasteiger partial charge on any atom is -0.243 e. The molecule has 0 aliphatic carbocycles. The normalized spacial score (nSPS) is 12.0. The maximum Gasteiger partial charge on any atom is 0.244 e. The summed E-state index contributed by atoms with van der Waals surface area (Å²) in [5.41, 5.74) is 0. The first-order valence-electron chi connectivity index (χ1n) is 5.79. The van der Waals surface area contributed by atoms with E-state index in [0.717, 1.165) is 4.88 Å². The second-order valence-corrected chi connectivity index (χ2v) is 8.08. The van der Waals surface area contributed by atoms with Gasteiger partial charge in [-0.15, -0.1) is 11.3 Å². The van der Waals surface area contributed by atoms with Crippen molar-refractivity contribution in [1.82, 2.24) is 9.29 Å². The van der Waals surface area contributed by atoms with E-state index < -0.39 is 10.0 Å². The molecule has 8 heteroatoms. The van der Waals surface area contributed by atoms with Crippen LogP contribution < -0.4 is 0 Å². The standard InChI is InChI=1S/C12H12Cl2N2O2S2/c1-2-16(8-9-3-6-12(14)19-9)20(17,18)10-4-5-11(13)15-7-10/h3-7H,2,8H2,1H3. The molecule has 0 amide bonds. The summed E-state index contributed by atoms with van der Waals surface area (Å²) < 4.78 is 27.0. The number of aromatic nitrogens is 1. The van der Waals surface area contributed by atoms with Crippen molar-refractivity contribution in [1.29, 1.82) is 0 Å². The Bertz CT molecular complexity index is 684. The average Bonchev–Trinajstić information content (AvgIpc) is 2.82. The number of rotatable bonds is 5. The van der Waals surface area contributed by atoms with Crippen molar-refractivity contribution in [2.24, 2.45) is 0 Å². The first kappa shape index (κ1) is 15.7. The van der Waals surface area contributed by atoms with Crippen molar-refractivity contribution in [3.8, 4) is 0 Å². The van der Waals surface area contributed by atoms with Gasteiger partial charge in [-0.2, -0.15) is 4.31 Å². The molecule has 0 N–H and O–H groups in total. The summed E-state index contributed by atoms with van der Waals surface area (Å²) in [6.07, 6.45) is 1.27. The molecule has 108 valence electrons. The van der Waals surface area contributed by atoms with Gasteiger partial charge in [0.25, 0.3) is 0 Å². The summed E-state index contributed by atoms with van der Waals surface area (Å²) in [4.78, 5) is 4.84. The van der Waals surface area contributed by atoms with Crippen LogP contribution in [0.4, 0.5) is 0 Å². The fourth-order valence-electron chi connectivity index (χ4n) is 1.64. The van der Waals surface area contributed by atoms with Crippen LogP contribution in [-0.4, -0.2) is 24.3 Å². The second-order valence-electron chi connectivity index (χ2n) is 3.95. The van der Waals surface area contributed by atoms with Crippen molar-refractivity contribution in [2.45, 2.75) is 18.4 Å². The molecule has 0 aliphatic rings. The van der Waals surface area contributed by atoms with E-state index in [1.54, 1.807) is 13.0 Å². The van der Waals surface area contributed by atoms with Crippen LogP contribution in [0.5, 0.6) is 0 Å². The van der Waals surface area contributed by atoms with Crippen molar-refractivity contribution in [3.63, 3.8) is 0 Å². The maximum atomic E-state index is 12.5. The molecule has 0 unspecified atom stereocenters. The Morgan fingerprint density at radius 2 is 2.00 bits per heavy atom. The Kier molecular flexibility index (Phi) is 5.04. The number of hydrogen-bond donors (Lipinski definition) is 0. The summed E-state index contributed by atoms with van der Waals surface area (Å²) in [5.74, 6) is 0. The van der Waals surface area contributed by atoms with Crippen LogP contribution in [0.1, 0.15) is 11.8 Å². The lowest BCUT2D eigenvalue weighted by Gasteiger charge is -2.19. The highest BCUT2D eigenvalue weighted by molar-refractivity contribution is 7.89. The molecule has 2 heterocycles. The number of nitrogens with zero attached hydrogens (tertiary/aromatic N) is 2. The highest BCUT2D eigenvalue weighted by Crippen LogP contribution is 2.25. The van der Waals surface area contributed by atoms with Gasteiger partial charge in [0.15, 0.2) is 0 Å². The van der Waals surface area contributed by atoms with E-state index in [1.165, 1.54) is 34.0 Å². The topological polar surface area (TPSA) is 50.3 Å². The van der Waals surface area contributed by atoms with E-state index in [2.05, 4.69) is 4.98 Å². The zero-order valence-electron chi connectivity index (χ0n) is 10.6. The van der Waals surface area contributed by atoms with E-state index >= 15 is 0 Å². The molecular weight excluding hydrogens is 339 g/mol. The van der Waals surface area contributed by atoms with Crippen LogP contribution in [0.25, 0.3) is 0 Å². The largest absolute Gasteiger partial charge is 0.244 e. The second kappa shape index (κ2) is 6.41. The smallest absolute Gasteiger partial charge is 0.243 e. The molecule has 0 atom stereocenters. The lowest BCUT2D eigenvalue weighted by Crippen LogP contribution is -2.30. The molecule has 2 aromatic rings. The quantitative estimate of drug-likeness (QED) is 0.773. The van der Waals surface area contributed by atoms with E-state index in [9.17, 15) is 8.42 Å². The van der Waals surface area contributed by atoms with Gasteiger partial charge in [0.05, 0.1) is 4.34 Å². The highest BCUT2D eigenvalue weighted by atomic mass is 35.5. The number of halogens is 2. The Labute approximate surface area is 132 Å². The van der Waals surface area contributed by atoms with E-state index in [0.29, 0.717) is 17.4 Å². The number of pyridine rings is 1. The Morgan fingerprint density at radius 3 is 2.50 bits per heavy atom. The molecule has 0 aromatic carbocycles. The first-order chi connectivity index (χ1) is 9.43. The van der Waals surface area contributed by atoms with Gasteiger partial charge in [0, 0.05) is 24.2 Å². The zero-order chi connectivity index (χ0) is 14.8. The third-order valence-corrected chi connectivity index (χ3v) is 6.00. The number of thiophene rings is 1. The minimum atomic E-state index is -3.58. The van der Waals surface area contributed by atoms with Crippen LogP contribution in [0.3, 0.4) is 0 Å². The molecule has 0 bridgehead atoms. The predicted molar refractivity (Wildman–Crippen MR) is 81.8 cm³/mol. The summed E-state index contributed by atoms with van der Waals surface area (Å²) in [6.45, 7) is 2.44. The molecule has 0 radical (unpaired) electrons. The van der Waals surface area contributed by atoms with Gasteiger partial charge in [0.1, 0.15) is 10.0 Å². The Morgan fingerprint density at radius 1 is 1.25 bits per heavy atom. The highest BCUT2D eigenvalue weighted by Gasteiger charge is 2.24. The summed E-state index contributed by atoms with van der Waals surface area (Å²) in [5, 5.41) is 0.261. The molecule has 0 fully saturated rings. The summed E-state index contributed by atoms with van der Waals surface area (Å²) >= 11 is 12.9. The van der Waals surface area contributed by atoms with Gasteiger partial charge in [0.2, 0.25) is 10.0 Å². The van der Waals surface area contributed by atoms with Crippen molar-refractivity contribution in [2.75, 3.05) is 6.54 Å². The number of sulfonamides is 1. The van der Waals surface area contributed by atoms with Gasteiger partial charge < -0.3 is 0 Å². The molecule has 2 rings (SSSR count). The fraction of sp³-hybridized carbons (Fsp3) is 0.250. The molecule has 4 nitrogen and oxygen atoms in total. The van der Waals surface area contributed by atoms with E-state index in [-0.39, 0.29) is 10.0 Å². The van der Waals surface area contributed by atoms with Crippen LogP contribution in [0, 0.1) is 0 Å². The SMILES string of the molecule is CCN(Cc1ccc(Cl)s1)S(=O)(=O)c1ccc(Cl)nc1. The Hall–Kier alpha value is -0.660. The van der Waals surface area contributed by atoms with Gasteiger partial charge >= 0.3 is 0 Å². The van der Waals surface area contributed by atoms with Crippen molar-refractivity contribution in [3.05, 3.63) is 44.8 Å². The third-order valence-electron chi connectivity index (χ3n) is 2.65. The molecule has 0 saturated carbocycles. The van der Waals surface area contributed by atoms with Gasteiger partial charge in [-0.05, 0) is 24.3 Å². The molecule has 0 aliphatic heterocycles. The van der Waals surface area contributed by atoms with E-state index in [1.807, 2.05) is 6.07 Å². The van der Waals surface area contributed by atoms with Crippen molar-refractivity contribution < 1.29 is 8.42 Å². The van der Waals surface area contributed by atoms with Crippen LogP contribution in [0.2, 0.25) is 9.49 Å². The average molecular weight is 351 g/mol. The zero-order valence-corrected chi connectivity index (χ0v) is 13.7. The lowest BCUT2D eigenvalue weighted by atomic mass is 10.4.